The zero-order valence-electron chi connectivity index (χ0n) is 15.7. The molecule has 2 amide bonds. The number of carbonyl (C=O) groups excluding carboxylic acids is 2. The van der Waals surface area contributed by atoms with E-state index in [4.69, 9.17) is 4.42 Å². The predicted molar refractivity (Wildman–Crippen MR) is 106 cm³/mol. The average Bonchev–Trinajstić information content (AvgIpc) is 3.41. The number of hydrogen-bond acceptors (Lipinski definition) is 4. The number of halogens is 1. The highest BCUT2D eigenvalue weighted by Gasteiger charge is 2.23. The highest BCUT2D eigenvalue weighted by molar-refractivity contribution is 5.96. The maximum atomic E-state index is 13.0. The molecule has 0 aliphatic heterocycles. The summed E-state index contributed by atoms with van der Waals surface area (Å²) >= 11 is 0. The molecule has 0 radical (unpaired) electrons. The molecule has 148 valence electrons. The molecule has 3 aromatic rings. The summed E-state index contributed by atoms with van der Waals surface area (Å²) in [5, 5.41) is 5.72. The molecule has 1 fully saturated rings. The number of benzene rings is 2. The van der Waals surface area contributed by atoms with Crippen molar-refractivity contribution in [1.29, 1.82) is 0 Å². The van der Waals surface area contributed by atoms with E-state index in [-0.39, 0.29) is 24.1 Å². The number of anilines is 1. The topological polar surface area (TPSA) is 84.2 Å². The SMILES string of the molecule is O=C(CCc1ncc(-c2ccc(F)cc2)o1)Nc1ccc(C(=O)NC2CC2)cc1. The van der Waals surface area contributed by atoms with Gasteiger partial charge in [0, 0.05) is 35.7 Å². The van der Waals surface area contributed by atoms with Gasteiger partial charge in [0.1, 0.15) is 5.82 Å². The minimum atomic E-state index is -0.318. The van der Waals surface area contributed by atoms with Gasteiger partial charge < -0.3 is 15.1 Å². The fourth-order valence-electron chi connectivity index (χ4n) is 2.82. The third-order valence-electron chi connectivity index (χ3n) is 4.59. The molecular formula is C22H20FN3O3. The first-order chi connectivity index (χ1) is 14.1. The van der Waals surface area contributed by atoms with E-state index in [2.05, 4.69) is 15.6 Å². The van der Waals surface area contributed by atoms with E-state index in [9.17, 15) is 14.0 Å². The molecule has 1 saturated carbocycles. The van der Waals surface area contributed by atoms with Crippen LogP contribution in [0.5, 0.6) is 0 Å². The summed E-state index contributed by atoms with van der Waals surface area (Å²) in [6.07, 6.45) is 4.18. The molecule has 2 aromatic carbocycles. The van der Waals surface area contributed by atoms with Crippen molar-refractivity contribution in [1.82, 2.24) is 10.3 Å². The van der Waals surface area contributed by atoms with Crippen molar-refractivity contribution in [3.63, 3.8) is 0 Å². The van der Waals surface area contributed by atoms with Gasteiger partial charge in [-0.2, -0.15) is 0 Å². The van der Waals surface area contributed by atoms with E-state index in [1.54, 1.807) is 42.6 Å². The fourth-order valence-corrected chi connectivity index (χ4v) is 2.82. The standard InChI is InChI=1S/C22H20FN3O3/c23-16-5-1-14(2-6-16)19-13-24-21(29-19)12-11-20(27)25-17-7-3-15(4-8-17)22(28)26-18-9-10-18/h1-8,13,18H,9-12H2,(H,25,27)(H,26,28). The molecule has 1 aromatic heterocycles. The zero-order chi connectivity index (χ0) is 20.2. The van der Waals surface area contributed by atoms with E-state index in [0.29, 0.717) is 35.4 Å². The van der Waals surface area contributed by atoms with Crippen molar-refractivity contribution < 1.29 is 18.4 Å². The van der Waals surface area contributed by atoms with Crippen molar-refractivity contribution in [2.45, 2.75) is 31.7 Å². The van der Waals surface area contributed by atoms with Crippen LogP contribution >= 0.6 is 0 Å². The van der Waals surface area contributed by atoms with Crippen LogP contribution < -0.4 is 10.6 Å². The molecule has 4 rings (SSSR count). The Hall–Kier alpha value is -3.48. The summed E-state index contributed by atoms with van der Waals surface area (Å²) < 4.78 is 18.6. The quantitative estimate of drug-likeness (QED) is 0.637. The molecule has 0 atom stereocenters. The molecule has 0 saturated heterocycles. The van der Waals surface area contributed by atoms with Crippen LogP contribution in [0.1, 0.15) is 35.5 Å². The molecule has 0 spiro atoms. The van der Waals surface area contributed by atoms with Crippen LogP contribution in [0.3, 0.4) is 0 Å². The molecule has 1 aliphatic carbocycles. The molecule has 29 heavy (non-hydrogen) atoms. The van der Waals surface area contributed by atoms with Crippen LogP contribution in [-0.2, 0) is 11.2 Å². The van der Waals surface area contributed by atoms with Gasteiger partial charge >= 0.3 is 0 Å². The van der Waals surface area contributed by atoms with Gasteiger partial charge in [0.05, 0.1) is 6.20 Å². The lowest BCUT2D eigenvalue weighted by molar-refractivity contribution is -0.116. The summed E-state index contributed by atoms with van der Waals surface area (Å²) in [7, 11) is 0. The number of nitrogens with zero attached hydrogens (tertiary/aromatic N) is 1. The van der Waals surface area contributed by atoms with E-state index in [0.717, 1.165) is 18.4 Å². The Morgan fingerprint density at radius 1 is 1.07 bits per heavy atom. The zero-order valence-corrected chi connectivity index (χ0v) is 15.7. The first-order valence-electron chi connectivity index (χ1n) is 9.48. The second-order valence-corrected chi connectivity index (χ2v) is 7.00. The molecular weight excluding hydrogens is 373 g/mol. The molecule has 6 nitrogen and oxygen atoms in total. The van der Waals surface area contributed by atoms with Gasteiger partial charge in [-0.1, -0.05) is 0 Å². The predicted octanol–water partition coefficient (Wildman–Crippen LogP) is 3.94. The monoisotopic (exact) mass is 393 g/mol. The lowest BCUT2D eigenvalue weighted by atomic mass is 10.2. The first-order valence-corrected chi connectivity index (χ1v) is 9.48. The lowest BCUT2D eigenvalue weighted by Crippen LogP contribution is -2.25. The number of oxazole rings is 1. The largest absolute Gasteiger partial charge is 0.441 e. The lowest BCUT2D eigenvalue weighted by Gasteiger charge is -2.06. The number of nitrogens with one attached hydrogen (secondary N) is 2. The maximum Gasteiger partial charge on any atom is 0.251 e. The number of aromatic nitrogens is 1. The van der Waals surface area contributed by atoms with Gasteiger partial charge in [-0.3, -0.25) is 9.59 Å². The van der Waals surface area contributed by atoms with Crippen molar-refractivity contribution >= 4 is 17.5 Å². The second-order valence-electron chi connectivity index (χ2n) is 7.00. The first kappa shape index (κ1) is 18.9. The van der Waals surface area contributed by atoms with Gasteiger partial charge in [0.15, 0.2) is 11.7 Å². The second kappa shape index (κ2) is 8.26. The molecule has 2 N–H and O–H groups in total. The van der Waals surface area contributed by atoms with Gasteiger partial charge in [-0.25, -0.2) is 9.37 Å². The number of aryl methyl sites for hydroxylation is 1. The number of rotatable bonds is 7. The molecule has 1 aliphatic rings. The molecule has 0 bridgehead atoms. The highest BCUT2D eigenvalue weighted by atomic mass is 19.1. The summed E-state index contributed by atoms with van der Waals surface area (Å²) in [6.45, 7) is 0. The Morgan fingerprint density at radius 2 is 1.79 bits per heavy atom. The minimum Gasteiger partial charge on any atom is -0.441 e. The van der Waals surface area contributed by atoms with Crippen LogP contribution in [0.15, 0.2) is 59.1 Å². The molecule has 0 unspecified atom stereocenters. The third kappa shape index (κ3) is 5.07. The fraction of sp³-hybridized carbons (Fsp3) is 0.227. The minimum absolute atomic E-state index is 0.0915. The van der Waals surface area contributed by atoms with Crippen molar-refractivity contribution in [2.75, 3.05) is 5.32 Å². The normalized spacial score (nSPS) is 13.1. The average molecular weight is 393 g/mol. The van der Waals surface area contributed by atoms with Crippen LogP contribution in [0, 0.1) is 5.82 Å². The maximum absolute atomic E-state index is 13.0. The van der Waals surface area contributed by atoms with Crippen LogP contribution in [0.2, 0.25) is 0 Å². The van der Waals surface area contributed by atoms with Crippen molar-refractivity contribution in [2.24, 2.45) is 0 Å². The number of carbonyl (C=O) groups is 2. The summed E-state index contributed by atoms with van der Waals surface area (Å²) in [4.78, 5) is 28.3. The van der Waals surface area contributed by atoms with Crippen molar-refractivity contribution in [3.8, 4) is 11.3 Å². The van der Waals surface area contributed by atoms with E-state index < -0.39 is 0 Å². The molecule has 1 heterocycles. The van der Waals surface area contributed by atoms with Gasteiger partial charge in [-0.15, -0.1) is 0 Å². The molecule has 7 heteroatoms. The Bertz CT molecular complexity index is 1010. The Morgan fingerprint density at radius 3 is 2.48 bits per heavy atom. The number of amides is 2. The van der Waals surface area contributed by atoms with Crippen molar-refractivity contribution in [3.05, 3.63) is 72.0 Å². The van der Waals surface area contributed by atoms with E-state index in [1.165, 1.54) is 12.1 Å². The van der Waals surface area contributed by atoms with Gasteiger partial charge in [-0.05, 0) is 61.4 Å². The van der Waals surface area contributed by atoms with Crippen LogP contribution in [0.4, 0.5) is 10.1 Å². The summed E-state index contributed by atoms with van der Waals surface area (Å²) in [5.41, 5.74) is 1.92. The summed E-state index contributed by atoms with van der Waals surface area (Å²) in [5.74, 6) is 0.377. The van der Waals surface area contributed by atoms with Crippen LogP contribution in [-0.4, -0.2) is 22.8 Å². The van der Waals surface area contributed by atoms with E-state index >= 15 is 0 Å². The third-order valence-corrected chi connectivity index (χ3v) is 4.59. The van der Waals surface area contributed by atoms with Gasteiger partial charge in [0.2, 0.25) is 5.91 Å². The van der Waals surface area contributed by atoms with Gasteiger partial charge in [0.25, 0.3) is 5.91 Å². The highest BCUT2D eigenvalue weighted by Crippen LogP contribution is 2.22. The summed E-state index contributed by atoms with van der Waals surface area (Å²) in [6, 6.07) is 13.0. The van der Waals surface area contributed by atoms with E-state index in [1.807, 2.05) is 0 Å². The van der Waals surface area contributed by atoms with Crippen LogP contribution in [0.25, 0.3) is 11.3 Å². The smallest absolute Gasteiger partial charge is 0.251 e. The Balaban J connectivity index is 1.27. The Labute approximate surface area is 167 Å². The Kier molecular flexibility index (Phi) is 5.37. The number of hydrogen-bond donors (Lipinski definition) is 2.